The molecule has 0 saturated carbocycles. The molecule has 0 spiro atoms. The van der Waals surface area contributed by atoms with Crippen LogP contribution in [-0.4, -0.2) is 68.3 Å². The molecule has 0 unspecified atom stereocenters. The summed E-state index contributed by atoms with van der Waals surface area (Å²) in [5.74, 6) is 0. The highest BCUT2D eigenvalue weighted by Crippen LogP contribution is 2.03. The lowest BCUT2D eigenvalue weighted by Crippen LogP contribution is -2.46. The van der Waals surface area contributed by atoms with Crippen molar-refractivity contribution in [1.82, 2.24) is 0 Å². The van der Waals surface area contributed by atoms with Crippen molar-refractivity contribution in [3.8, 4) is 0 Å². The summed E-state index contributed by atoms with van der Waals surface area (Å²) in [5.41, 5.74) is 0. The van der Waals surface area contributed by atoms with Gasteiger partial charge in [0.25, 0.3) is 0 Å². The molecular weight excluding hydrogens is 204 g/mol. The third-order valence-corrected chi connectivity index (χ3v) is 1.51. The Labute approximate surface area is 81.5 Å². The van der Waals surface area contributed by atoms with E-state index in [1.165, 1.54) is 0 Å². The summed E-state index contributed by atoms with van der Waals surface area (Å²) in [6.45, 7) is -1.45. The van der Waals surface area contributed by atoms with Gasteiger partial charge in [0.1, 0.15) is 24.4 Å². The van der Waals surface area contributed by atoms with Gasteiger partial charge in [-0.3, -0.25) is 0 Å². The van der Waals surface area contributed by atoms with Gasteiger partial charge >= 0.3 is 0 Å². The third-order valence-electron chi connectivity index (χ3n) is 1.51. The summed E-state index contributed by atoms with van der Waals surface area (Å²) >= 11 is 0. The van der Waals surface area contributed by atoms with E-state index in [-0.39, 0.29) is 12.4 Å². The van der Waals surface area contributed by atoms with E-state index in [0.29, 0.717) is 0 Å². The van der Waals surface area contributed by atoms with Crippen molar-refractivity contribution >= 4 is 12.4 Å². The van der Waals surface area contributed by atoms with Crippen LogP contribution in [-0.2, 0) is 0 Å². The second kappa shape index (κ2) is 7.45. The Morgan fingerprint density at radius 3 is 1.08 bits per heavy atom. The molecule has 0 saturated heterocycles. The predicted octanol–water partition coefficient (Wildman–Crippen LogP) is -3.16. The summed E-state index contributed by atoms with van der Waals surface area (Å²) in [7, 11) is 0. The van der Waals surface area contributed by atoms with Gasteiger partial charge in [0, 0.05) is 0 Å². The van der Waals surface area contributed by atoms with Crippen LogP contribution in [0, 0.1) is 0 Å². The minimum absolute atomic E-state index is 0. The van der Waals surface area contributed by atoms with E-state index < -0.39 is 37.6 Å². The SMILES string of the molecule is Cl.OC[C@H](O)[C@@H](O)[C@H](O)[C@@H](O)CO. The van der Waals surface area contributed by atoms with Crippen molar-refractivity contribution in [2.75, 3.05) is 13.2 Å². The van der Waals surface area contributed by atoms with Gasteiger partial charge in [-0.2, -0.15) is 0 Å². The first kappa shape index (κ1) is 15.5. The smallest absolute Gasteiger partial charge is 0.111 e. The molecule has 0 aliphatic rings. The van der Waals surface area contributed by atoms with Crippen LogP contribution < -0.4 is 0 Å². The maximum Gasteiger partial charge on any atom is 0.111 e. The molecule has 0 aliphatic heterocycles. The Bertz CT molecular complexity index is 110. The average Bonchev–Trinajstić information content (AvgIpc) is 2.12. The van der Waals surface area contributed by atoms with Gasteiger partial charge < -0.3 is 30.6 Å². The molecule has 7 heteroatoms. The fourth-order valence-corrected chi connectivity index (χ4v) is 0.671. The molecule has 13 heavy (non-hydrogen) atoms. The minimum atomic E-state index is -1.67. The highest BCUT2D eigenvalue weighted by Gasteiger charge is 2.29. The Morgan fingerprint density at radius 2 is 0.923 bits per heavy atom. The first-order valence-corrected chi connectivity index (χ1v) is 3.48. The standard InChI is InChI=1S/C6H14O6.ClH/c7-1-3(9)5(11)6(12)4(10)2-8;/h3-12H,1-2H2;1H/t3-,4-,5+,6+;/m0./s1. The molecule has 0 heterocycles. The zero-order valence-corrected chi connectivity index (χ0v) is 7.63. The van der Waals surface area contributed by atoms with E-state index in [0.717, 1.165) is 0 Å². The van der Waals surface area contributed by atoms with Gasteiger partial charge in [-0.15, -0.1) is 12.4 Å². The largest absolute Gasteiger partial charge is 0.394 e. The van der Waals surface area contributed by atoms with Gasteiger partial charge in [0.15, 0.2) is 0 Å². The van der Waals surface area contributed by atoms with Crippen molar-refractivity contribution < 1.29 is 30.6 Å². The Balaban J connectivity index is 0. The quantitative estimate of drug-likeness (QED) is 0.290. The fourth-order valence-electron chi connectivity index (χ4n) is 0.671. The monoisotopic (exact) mass is 218 g/mol. The van der Waals surface area contributed by atoms with Gasteiger partial charge in [0.2, 0.25) is 0 Å². The molecule has 6 nitrogen and oxygen atoms in total. The maximum atomic E-state index is 8.96. The molecule has 0 aromatic carbocycles. The van der Waals surface area contributed by atoms with Gasteiger partial charge in [0.05, 0.1) is 13.2 Å². The molecule has 0 fully saturated rings. The van der Waals surface area contributed by atoms with E-state index in [1.807, 2.05) is 0 Å². The minimum Gasteiger partial charge on any atom is -0.394 e. The fraction of sp³-hybridized carbons (Fsp3) is 1.00. The average molecular weight is 219 g/mol. The van der Waals surface area contributed by atoms with Crippen LogP contribution >= 0.6 is 12.4 Å². The highest BCUT2D eigenvalue weighted by atomic mass is 35.5. The second-order valence-electron chi connectivity index (χ2n) is 2.48. The molecule has 0 rings (SSSR count). The summed E-state index contributed by atoms with van der Waals surface area (Å²) in [5, 5.41) is 52.2. The van der Waals surface area contributed by atoms with Crippen LogP contribution in [0.3, 0.4) is 0 Å². The van der Waals surface area contributed by atoms with Crippen molar-refractivity contribution in [3.05, 3.63) is 0 Å². The van der Waals surface area contributed by atoms with E-state index in [4.69, 9.17) is 30.6 Å². The van der Waals surface area contributed by atoms with Gasteiger partial charge in [-0.05, 0) is 0 Å². The molecule has 0 aliphatic carbocycles. The lowest BCUT2D eigenvalue weighted by molar-refractivity contribution is -0.123. The molecule has 4 atom stereocenters. The van der Waals surface area contributed by atoms with Gasteiger partial charge in [-0.1, -0.05) is 0 Å². The van der Waals surface area contributed by atoms with Crippen LogP contribution in [0.15, 0.2) is 0 Å². The molecule has 0 radical (unpaired) electrons. The normalized spacial score (nSPS) is 19.8. The van der Waals surface area contributed by atoms with E-state index in [9.17, 15) is 0 Å². The summed E-state index contributed by atoms with van der Waals surface area (Å²) < 4.78 is 0. The maximum absolute atomic E-state index is 8.96. The molecule has 0 amide bonds. The van der Waals surface area contributed by atoms with Crippen molar-refractivity contribution in [3.63, 3.8) is 0 Å². The first-order valence-electron chi connectivity index (χ1n) is 3.48. The molecule has 0 aromatic heterocycles. The Hall–Kier alpha value is 0.0500. The summed E-state index contributed by atoms with van der Waals surface area (Å²) in [4.78, 5) is 0. The molecule has 0 aromatic rings. The number of hydrogen-bond acceptors (Lipinski definition) is 6. The van der Waals surface area contributed by atoms with E-state index in [2.05, 4.69) is 0 Å². The summed E-state index contributed by atoms with van der Waals surface area (Å²) in [6, 6.07) is 0. The van der Waals surface area contributed by atoms with E-state index >= 15 is 0 Å². The topological polar surface area (TPSA) is 121 Å². The van der Waals surface area contributed by atoms with Crippen molar-refractivity contribution in [1.29, 1.82) is 0 Å². The Morgan fingerprint density at radius 1 is 0.692 bits per heavy atom. The van der Waals surface area contributed by atoms with Crippen molar-refractivity contribution in [2.45, 2.75) is 24.4 Å². The predicted molar refractivity (Wildman–Crippen MR) is 45.4 cm³/mol. The lowest BCUT2D eigenvalue weighted by Gasteiger charge is -2.24. The van der Waals surface area contributed by atoms with Crippen molar-refractivity contribution in [2.24, 2.45) is 0 Å². The van der Waals surface area contributed by atoms with Crippen LogP contribution in [0.5, 0.6) is 0 Å². The zero-order chi connectivity index (χ0) is 9.72. The Kier molecular flexibility index (Phi) is 8.90. The van der Waals surface area contributed by atoms with E-state index in [1.54, 1.807) is 0 Å². The summed E-state index contributed by atoms with van der Waals surface area (Å²) in [6.07, 6.45) is -6.39. The first-order chi connectivity index (χ1) is 5.54. The molecular formula is C6H15ClO6. The lowest BCUT2D eigenvalue weighted by atomic mass is 10.0. The van der Waals surface area contributed by atoms with Crippen LogP contribution in [0.1, 0.15) is 0 Å². The number of aliphatic hydroxyl groups excluding tert-OH is 6. The number of hydrogen-bond donors (Lipinski definition) is 6. The zero-order valence-electron chi connectivity index (χ0n) is 6.82. The van der Waals surface area contributed by atoms with Crippen LogP contribution in [0.25, 0.3) is 0 Å². The number of aliphatic hydroxyl groups is 6. The van der Waals surface area contributed by atoms with Crippen LogP contribution in [0.4, 0.5) is 0 Å². The molecule has 0 bridgehead atoms. The second-order valence-corrected chi connectivity index (χ2v) is 2.48. The highest BCUT2D eigenvalue weighted by molar-refractivity contribution is 5.85. The number of halogens is 1. The third kappa shape index (κ3) is 4.72. The molecule has 82 valence electrons. The number of rotatable bonds is 5. The van der Waals surface area contributed by atoms with Crippen LogP contribution in [0.2, 0.25) is 0 Å². The van der Waals surface area contributed by atoms with Gasteiger partial charge in [-0.25, -0.2) is 0 Å². The molecule has 6 N–H and O–H groups in total.